The minimum Gasteiger partial charge on any atom is -0.466 e. The Kier molecular flexibility index (Phi) is 4.18. The zero-order valence-corrected chi connectivity index (χ0v) is 8.21. The number of rotatable bonds is 3. The molecule has 0 aromatic rings. The van der Waals surface area contributed by atoms with Crippen molar-refractivity contribution < 1.29 is 14.3 Å². The van der Waals surface area contributed by atoms with Crippen LogP contribution in [-0.4, -0.2) is 37.9 Å². The summed E-state index contributed by atoms with van der Waals surface area (Å²) in [6.45, 7) is 5.62. The molecule has 2 unspecified atom stereocenters. The normalized spacial score (nSPS) is 28.5. The fourth-order valence-electron chi connectivity index (χ4n) is 1.42. The van der Waals surface area contributed by atoms with Gasteiger partial charge in [-0.1, -0.05) is 0 Å². The Hall–Kier alpha value is -0.610. The third kappa shape index (κ3) is 3.74. The molecule has 0 aromatic heterocycles. The maximum atomic E-state index is 11.1. The molecule has 13 heavy (non-hydrogen) atoms. The van der Waals surface area contributed by atoms with Gasteiger partial charge in [0.1, 0.15) is 0 Å². The van der Waals surface area contributed by atoms with Gasteiger partial charge < -0.3 is 14.8 Å². The highest BCUT2D eigenvalue weighted by Gasteiger charge is 2.21. The molecule has 2 atom stereocenters. The van der Waals surface area contributed by atoms with Gasteiger partial charge in [0.15, 0.2) is 0 Å². The van der Waals surface area contributed by atoms with Crippen LogP contribution in [0.25, 0.3) is 0 Å². The summed E-state index contributed by atoms with van der Waals surface area (Å²) in [5, 5.41) is 3.28. The van der Waals surface area contributed by atoms with E-state index in [4.69, 9.17) is 9.47 Å². The van der Waals surface area contributed by atoms with Crippen molar-refractivity contribution in [3.63, 3.8) is 0 Å². The number of carbonyl (C=O) groups excluding carboxylic acids is 1. The third-order valence-corrected chi connectivity index (χ3v) is 1.93. The second kappa shape index (κ2) is 5.19. The zero-order chi connectivity index (χ0) is 9.68. The highest BCUT2D eigenvalue weighted by molar-refractivity contribution is 5.70. The van der Waals surface area contributed by atoms with Crippen LogP contribution in [0, 0.1) is 0 Å². The van der Waals surface area contributed by atoms with Crippen LogP contribution in [0.1, 0.15) is 20.3 Å². The minimum atomic E-state index is -0.155. The molecule has 0 spiro atoms. The van der Waals surface area contributed by atoms with Gasteiger partial charge in [0.25, 0.3) is 0 Å². The lowest BCUT2D eigenvalue weighted by atomic mass is 10.1. The number of carbonyl (C=O) groups is 1. The van der Waals surface area contributed by atoms with Crippen LogP contribution in [-0.2, 0) is 14.3 Å². The van der Waals surface area contributed by atoms with Gasteiger partial charge in [-0.2, -0.15) is 0 Å². The number of hydrogen-bond acceptors (Lipinski definition) is 4. The fourth-order valence-corrected chi connectivity index (χ4v) is 1.42. The lowest BCUT2D eigenvalue weighted by Crippen LogP contribution is -2.48. The molecule has 1 rings (SSSR count). The first-order chi connectivity index (χ1) is 6.22. The number of esters is 1. The average Bonchev–Trinajstić information content (AvgIpc) is 2.04. The fraction of sp³-hybridized carbons (Fsp3) is 0.889. The van der Waals surface area contributed by atoms with Crippen molar-refractivity contribution in [3.05, 3.63) is 0 Å². The van der Waals surface area contributed by atoms with E-state index in [0.29, 0.717) is 25.7 Å². The van der Waals surface area contributed by atoms with E-state index >= 15 is 0 Å². The van der Waals surface area contributed by atoms with Gasteiger partial charge in [-0.3, -0.25) is 4.79 Å². The van der Waals surface area contributed by atoms with Crippen LogP contribution in [0.5, 0.6) is 0 Å². The van der Waals surface area contributed by atoms with Crippen molar-refractivity contribution in [2.45, 2.75) is 32.4 Å². The molecule has 0 radical (unpaired) electrons. The molecule has 1 aliphatic heterocycles. The van der Waals surface area contributed by atoms with Crippen LogP contribution < -0.4 is 5.32 Å². The summed E-state index contributed by atoms with van der Waals surface area (Å²) in [6.07, 6.45) is 0.401. The molecular formula is C9H17NO3. The van der Waals surface area contributed by atoms with E-state index in [9.17, 15) is 4.79 Å². The quantitative estimate of drug-likeness (QED) is 0.646. The Morgan fingerprint density at radius 3 is 3.00 bits per heavy atom. The molecule has 0 bridgehead atoms. The van der Waals surface area contributed by atoms with Gasteiger partial charge in [0.2, 0.25) is 0 Å². The molecule has 1 fully saturated rings. The Bertz CT molecular complexity index is 172. The summed E-state index contributed by atoms with van der Waals surface area (Å²) in [5.74, 6) is -0.155. The van der Waals surface area contributed by atoms with Crippen LogP contribution in [0.3, 0.4) is 0 Å². The zero-order valence-electron chi connectivity index (χ0n) is 8.21. The Labute approximate surface area is 78.6 Å². The molecule has 4 nitrogen and oxygen atoms in total. The molecule has 0 saturated carbocycles. The van der Waals surface area contributed by atoms with E-state index in [1.54, 1.807) is 0 Å². The van der Waals surface area contributed by atoms with Crippen molar-refractivity contribution in [2.24, 2.45) is 0 Å². The number of nitrogens with one attached hydrogen (secondary N) is 1. The SMILES string of the molecule is CCOC(=O)CC1COCC(C)N1. The van der Waals surface area contributed by atoms with E-state index in [2.05, 4.69) is 5.32 Å². The lowest BCUT2D eigenvalue weighted by molar-refractivity contribution is -0.144. The lowest BCUT2D eigenvalue weighted by Gasteiger charge is -2.28. The van der Waals surface area contributed by atoms with Crippen molar-refractivity contribution >= 4 is 5.97 Å². The minimum absolute atomic E-state index is 0.114. The Morgan fingerprint density at radius 1 is 1.62 bits per heavy atom. The summed E-state index contributed by atoms with van der Waals surface area (Å²) < 4.78 is 10.1. The van der Waals surface area contributed by atoms with Crippen LogP contribution >= 0.6 is 0 Å². The van der Waals surface area contributed by atoms with Gasteiger partial charge >= 0.3 is 5.97 Å². The third-order valence-electron chi connectivity index (χ3n) is 1.93. The summed E-state index contributed by atoms with van der Waals surface area (Å²) in [4.78, 5) is 11.1. The van der Waals surface area contributed by atoms with E-state index in [1.165, 1.54) is 0 Å². The van der Waals surface area contributed by atoms with Gasteiger partial charge in [0, 0.05) is 12.1 Å². The van der Waals surface area contributed by atoms with Crippen molar-refractivity contribution in [1.82, 2.24) is 5.32 Å². The molecule has 0 amide bonds. The number of hydrogen-bond donors (Lipinski definition) is 1. The Balaban J connectivity index is 2.23. The molecule has 76 valence electrons. The first kappa shape index (κ1) is 10.5. The number of morpholine rings is 1. The second-order valence-corrected chi connectivity index (χ2v) is 3.31. The highest BCUT2D eigenvalue weighted by Crippen LogP contribution is 2.03. The van der Waals surface area contributed by atoms with Crippen molar-refractivity contribution in [1.29, 1.82) is 0 Å². The molecule has 0 aliphatic carbocycles. The second-order valence-electron chi connectivity index (χ2n) is 3.31. The smallest absolute Gasteiger partial charge is 0.307 e. The van der Waals surface area contributed by atoms with Crippen molar-refractivity contribution in [2.75, 3.05) is 19.8 Å². The van der Waals surface area contributed by atoms with E-state index in [1.807, 2.05) is 13.8 Å². The summed E-state index contributed by atoms with van der Waals surface area (Å²) >= 11 is 0. The van der Waals surface area contributed by atoms with Gasteiger partial charge in [-0.05, 0) is 13.8 Å². The van der Waals surface area contributed by atoms with E-state index in [-0.39, 0.29) is 12.0 Å². The first-order valence-corrected chi connectivity index (χ1v) is 4.71. The predicted molar refractivity (Wildman–Crippen MR) is 48.5 cm³/mol. The van der Waals surface area contributed by atoms with Gasteiger partial charge in [-0.25, -0.2) is 0 Å². The van der Waals surface area contributed by atoms with Crippen LogP contribution in [0.2, 0.25) is 0 Å². The van der Waals surface area contributed by atoms with Crippen LogP contribution in [0.15, 0.2) is 0 Å². The predicted octanol–water partition coefficient (Wildman–Crippen LogP) is 0.317. The summed E-state index contributed by atoms with van der Waals surface area (Å²) in [7, 11) is 0. The molecule has 1 saturated heterocycles. The molecule has 1 aliphatic rings. The molecule has 4 heteroatoms. The Morgan fingerprint density at radius 2 is 2.38 bits per heavy atom. The van der Waals surface area contributed by atoms with Crippen molar-refractivity contribution in [3.8, 4) is 0 Å². The largest absolute Gasteiger partial charge is 0.466 e. The molecule has 1 heterocycles. The topological polar surface area (TPSA) is 47.6 Å². The molecule has 1 N–H and O–H groups in total. The maximum Gasteiger partial charge on any atom is 0.307 e. The van der Waals surface area contributed by atoms with Gasteiger partial charge in [0.05, 0.1) is 26.2 Å². The maximum absolute atomic E-state index is 11.1. The first-order valence-electron chi connectivity index (χ1n) is 4.71. The van der Waals surface area contributed by atoms with Crippen LogP contribution in [0.4, 0.5) is 0 Å². The summed E-state index contributed by atoms with van der Waals surface area (Å²) in [6, 6.07) is 0.441. The monoisotopic (exact) mass is 187 g/mol. The number of ether oxygens (including phenoxy) is 2. The average molecular weight is 187 g/mol. The molecular weight excluding hydrogens is 170 g/mol. The summed E-state index contributed by atoms with van der Waals surface area (Å²) in [5.41, 5.74) is 0. The molecule has 0 aromatic carbocycles. The van der Waals surface area contributed by atoms with Gasteiger partial charge in [-0.15, -0.1) is 0 Å². The highest BCUT2D eigenvalue weighted by atomic mass is 16.5. The van der Waals surface area contributed by atoms with E-state index < -0.39 is 0 Å². The van der Waals surface area contributed by atoms with E-state index in [0.717, 1.165) is 6.61 Å². The standard InChI is InChI=1S/C9H17NO3/c1-3-13-9(11)4-8-6-12-5-7(2)10-8/h7-8,10H,3-6H2,1-2H3.